The zero-order chi connectivity index (χ0) is 22.6. The Morgan fingerprint density at radius 3 is 2.13 bits per heavy atom. The van der Waals surface area contributed by atoms with Crippen LogP contribution in [0.15, 0.2) is 48.5 Å². The van der Waals surface area contributed by atoms with Gasteiger partial charge in [0.25, 0.3) is 0 Å². The third-order valence-corrected chi connectivity index (χ3v) is 6.64. The van der Waals surface area contributed by atoms with Crippen LogP contribution in [0.4, 0.5) is 11.4 Å². The number of sulfonamides is 1. The first-order valence-electron chi connectivity index (χ1n) is 10.1. The molecule has 1 amide bonds. The van der Waals surface area contributed by atoms with Gasteiger partial charge in [-0.15, -0.1) is 0 Å². The van der Waals surface area contributed by atoms with E-state index in [4.69, 9.17) is 9.47 Å². The molecule has 0 saturated carbocycles. The summed E-state index contributed by atoms with van der Waals surface area (Å²) in [5.41, 5.74) is 1.47. The summed E-state index contributed by atoms with van der Waals surface area (Å²) in [6, 6.07) is 13.9. The molecule has 168 valence electrons. The molecule has 1 aliphatic heterocycles. The SMILES string of the molecule is COc1ccc(N([C@@H](C)C(=O)N2CCN(c3ccccc3)CC2)S(C)(=O)=O)cc1OC. The number of nitrogens with zero attached hydrogens (tertiary/aromatic N) is 3. The van der Waals surface area contributed by atoms with Crippen molar-refractivity contribution in [2.75, 3.05) is 55.9 Å². The maximum Gasteiger partial charge on any atom is 0.246 e. The van der Waals surface area contributed by atoms with Gasteiger partial charge in [-0.25, -0.2) is 8.42 Å². The van der Waals surface area contributed by atoms with Gasteiger partial charge < -0.3 is 19.3 Å². The van der Waals surface area contributed by atoms with Crippen molar-refractivity contribution in [2.45, 2.75) is 13.0 Å². The van der Waals surface area contributed by atoms with Crippen LogP contribution in [0.2, 0.25) is 0 Å². The topological polar surface area (TPSA) is 79.4 Å². The van der Waals surface area contributed by atoms with Crippen LogP contribution in [0.1, 0.15) is 6.92 Å². The van der Waals surface area contributed by atoms with Crippen molar-refractivity contribution in [1.82, 2.24) is 4.90 Å². The van der Waals surface area contributed by atoms with E-state index in [1.54, 1.807) is 30.0 Å². The van der Waals surface area contributed by atoms with Gasteiger partial charge in [-0.05, 0) is 31.2 Å². The lowest BCUT2D eigenvalue weighted by molar-refractivity contribution is -0.132. The van der Waals surface area contributed by atoms with Crippen molar-refractivity contribution in [3.8, 4) is 11.5 Å². The summed E-state index contributed by atoms with van der Waals surface area (Å²) in [7, 11) is -0.734. The molecule has 0 N–H and O–H groups in total. The smallest absolute Gasteiger partial charge is 0.246 e. The van der Waals surface area contributed by atoms with Crippen LogP contribution < -0.4 is 18.7 Å². The molecule has 2 aromatic rings. The van der Waals surface area contributed by atoms with Crippen molar-refractivity contribution in [1.29, 1.82) is 0 Å². The summed E-state index contributed by atoms with van der Waals surface area (Å²) < 4.78 is 36.9. The fraction of sp³-hybridized carbons (Fsp3) is 0.409. The molecule has 1 aliphatic rings. The van der Waals surface area contributed by atoms with Crippen LogP contribution in [0, 0.1) is 0 Å². The second-order valence-corrected chi connectivity index (χ2v) is 9.28. The number of anilines is 2. The van der Waals surface area contributed by atoms with Crippen molar-refractivity contribution in [3.05, 3.63) is 48.5 Å². The van der Waals surface area contributed by atoms with Gasteiger partial charge in [0.05, 0.1) is 26.2 Å². The molecule has 0 aromatic heterocycles. The summed E-state index contributed by atoms with van der Waals surface area (Å²) in [6.45, 7) is 4.06. The van der Waals surface area contributed by atoms with Gasteiger partial charge >= 0.3 is 0 Å². The monoisotopic (exact) mass is 447 g/mol. The largest absolute Gasteiger partial charge is 0.493 e. The third kappa shape index (κ3) is 5.04. The molecule has 9 heteroatoms. The highest BCUT2D eigenvalue weighted by atomic mass is 32.2. The summed E-state index contributed by atoms with van der Waals surface area (Å²) in [4.78, 5) is 17.2. The van der Waals surface area contributed by atoms with E-state index in [2.05, 4.69) is 4.90 Å². The molecule has 1 heterocycles. The van der Waals surface area contributed by atoms with E-state index in [0.717, 1.165) is 16.2 Å². The van der Waals surface area contributed by atoms with Crippen molar-refractivity contribution < 1.29 is 22.7 Å². The Bertz CT molecular complexity index is 1010. The van der Waals surface area contributed by atoms with Crippen LogP contribution in [0.5, 0.6) is 11.5 Å². The lowest BCUT2D eigenvalue weighted by atomic mass is 10.2. The van der Waals surface area contributed by atoms with E-state index in [-0.39, 0.29) is 5.91 Å². The number of benzene rings is 2. The molecule has 8 nitrogen and oxygen atoms in total. The second-order valence-electron chi connectivity index (χ2n) is 7.42. The molecule has 0 spiro atoms. The Kier molecular flexibility index (Phi) is 6.94. The van der Waals surface area contributed by atoms with Crippen molar-refractivity contribution in [2.24, 2.45) is 0 Å². The van der Waals surface area contributed by atoms with Crippen LogP contribution in [0.3, 0.4) is 0 Å². The molecule has 0 bridgehead atoms. The molecular weight excluding hydrogens is 418 g/mol. The van der Waals surface area contributed by atoms with E-state index in [9.17, 15) is 13.2 Å². The van der Waals surface area contributed by atoms with Gasteiger partial charge in [0.1, 0.15) is 6.04 Å². The molecule has 1 saturated heterocycles. The number of ether oxygens (including phenoxy) is 2. The number of carbonyl (C=O) groups is 1. The number of para-hydroxylation sites is 1. The minimum atomic E-state index is -3.72. The van der Waals surface area contributed by atoms with E-state index in [1.165, 1.54) is 14.2 Å². The Balaban J connectivity index is 1.78. The summed E-state index contributed by atoms with van der Waals surface area (Å²) in [5.74, 6) is 0.647. The number of rotatable bonds is 7. The Morgan fingerprint density at radius 2 is 1.58 bits per heavy atom. The van der Waals surface area contributed by atoms with Gasteiger partial charge in [-0.1, -0.05) is 18.2 Å². The summed E-state index contributed by atoms with van der Waals surface area (Å²) >= 11 is 0. The van der Waals surface area contributed by atoms with E-state index in [0.29, 0.717) is 43.4 Å². The minimum Gasteiger partial charge on any atom is -0.493 e. The number of amides is 1. The van der Waals surface area contributed by atoms with E-state index in [1.807, 2.05) is 30.3 Å². The van der Waals surface area contributed by atoms with E-state index < -0.39 is 16.1 Å². The first-order chi connectivity index (χ1) is 14.8. The first kappa shape index (κ1) is 22.7. The fourth-order valence-electron chi connectivity index (χ4n) is 3.85. The lowest BCUT2D eigenvalue weighted by Gasteiger charge is -2.39. The first-order valence-corrected chi connectivity index (χ1v) is 11.9. The molecule has 31 heavy (non-hydrogen) atoms. The van der Waals surface area contributed by atoms with Gasteiger partial charge in [-0.2, -0.15) is 0 Å². The zero-order valence-electron chi connectivity index (χ0n) is 18.3. The quantitative estimate of drug-likeness (QED) is 0.648. The minimum absolute atomic E-state index is 0.229. The van der Waals surface area contributed by atoms with Crippen LogP contribution in [0.25, 0.3) is 0 Å². The second kappa shape index (κ2) is 9.47. The maximum absolute atomic E-state index is 13.2. The Morgan fingerprint density at radius 1 is 0.968 bits per heavy atom. The number of hydrogen-bond acceptors (Lipinski definition) is 6. The highest BCUT2D eigenvalue weighted by molar-refractivity contribution is 7.92. The fourth-order valence-corrected chi connectivity index (χ4v) is 5.01. The molecule has 2 aromatic carbocycles. The van der Waals surface area contributed by atoms with Crippen LogP contribution in [-0.4, -0.2) is 71.9 Å². The number of piperazine rings is 1. The maximum atomic E-state index is 13.2. The standard InChI is InChI=1S/C22H29N3O5S/c1-17(22(26)24-14-12-23(13-15-24)18-8-6-5-7-9-18)25(31(4,27)28)19-10-11-20(29-2)21(16-19)30-3/h5-11,16-17H,12-15H2,1-4H3/t17-/m0/s1. The predicted octanol–water partition coefficient (Wildman–Crippen LogP) is 2.21. The van der Waals surface area contributed by atoms with Gasteiger partial charge in [-0.3, -0.25) is 9.10 Å². The highest BCUT2D eigenvalue weighted by Gasteiger charge is 2.33. The van der Waals surface area contributed by atoms with Gasteiger partial charge in [0.15, 0.2) is 11.5 Å². The molecule has 0 unspecified atom stereocenters. The predicted molar refractivity (Wildman–Crippen MR) is 122 cm³/mol. The molecule has 0 aliphatic carbocycles. The summed E-state index contributed by atoms with van der Waals surface area (Å²) in [5, 5.41) is 0. The molecule has 0 radical (unpaired) electrons. The average Bonchev–Trinajstić information content (AvgIpc) is 2.78. The zero-order valence-corrected chi connectivity index (χ0v) is 19.1. The summed E-state index contributed by atoms with van der Waals surface area (Å²) in [6.07, 6.45) is 1.10. The number of methoxy groups -OCH3 is 2. The number of hydrogen-bond donors (Lipinski definition) is 0. The third-order valence-electron chi connectivity index (χ3n) is 5.40. The normalized spacial score (nSPS) is 15.4. The van der Waals surface area contributed by atoms with E-state index >= 15 is 0 Å². The van der Waals surface area contributed by atoms with Crippen LogP contribution in [-0.2, 0) is 14.8 Å². The van der Waals surface area contributed by atoms with Crippen molar-refractivity contribution in [3.63, 3.8) is 0 Å². The van der Waals surface area contributed by atoms with Crippen molar-refractivity contribution >= 4 is 27.3 Å². The van der Waals surface area contributed by atoms with Gasteiger partial charge in [0.2, 0.25) is 15.9 Å². The molecule has 1 fully saturated rings. The Labute approximate surface area is 184 Å². The van der Waals surface area contributed by atoms with Gasteiger partial charge in [0, 0.05) is 37.9 Å². The molecule has 1 atom stereocenters. The van der Waals surface area contributed by atoms with Crippen LogP contribution >= 0.6 is 0 Å². The highest BCUT2D eigenvalue weighted by Crippen LogP contribution is 2.33. The molecule has 3 rings (SSSR count). The average molecular weight is 448 g/mol. The lowest BCUT2D eigenvalue weighted by Crippen LogP contribution is -2.55. The molecular formula is C22H29N3O5S. The number of carbonyl (C=O) groups excluding carboxylic acids is 1. The Hall–Kier alpha value is -2.94.